The fourth-order valence-corrected chi connectivity index (χ4v) is 0.771. The van der Waals surface area contributed by atoms with Crippen molar-refractivity contribution in [1.82, 2.24) is 0 Å². The SMILES string of the molecule is C.C.C=CC(=O)OCCC[N+](C)(C)C. The molecule has 0 aliphatic carbocycles. The highest BCUT2D eigenvalue weighted by atomic mass is 16.5. The molecule has 0 aromatic carbocycles. The third-order valence-corrected chi connectivity index (χ3v) is 1.38. The lowest BCUT2D eigenvalue weighted by molar-refractivity contribution is -0.870. The highest BCUT2D eigenvalue weighted by Gasteiger charge is 2.06. The summed E-state index contributed by atoms with van der Waals surface area (Å²) >= 11 is 0. The molecule has 0 aromatic heterocycles. The number of rotatable bonds is 5. The molecule has 0 fully saturated rings. The van der Waals surface area contributed by atoms with Crippen LogP contribution in [0.3, 0.4) is 0 Å². The molecule has 86 valence electrons. The van der Waals surface area contributed by atoms with Crippen LogP contribution in [-0.2, 0) is 9.53 Å². The molecule has 0 aliphatic rings. The fourth-order valence-electron chi connectivity index (χ4n) is 0.771. The molecule has 0 rings (SSSR count). The van der Waals surface area contributed by atoms with Gasteiger partial charge in [0.2, 0.25) is 0 Å². The summed E-state index contributed by atoms with van der Waals surface area (Å²) in [6.45, 7) is 4.80. The number of nitrogens with zero attached hydrogens (tertiary/aromatic N) is 1. The van der Waals surface area contributed by atoms with Gasteiger partial charge in [-0.3, -0.25) is 0 Å². The Morgan fingerprint density at radius 2 is 1.86 bits per heavy atom. The second-order valence-corrected chi connectivity index (χ2v) is 3.74. The first-order valence-electron chi connectivity index (χ1n) is 4.05. The Kier molecular flexibility index (Phi) is 11.8. The van der Waals surface area contributed by atoms with Crippen LogP contribution in [0, 0.1) is 0 Å². The Bertz CT molecular complexity index is 159. The molecule has 0 heterocycles. The van der Waals surface area contributed by atoms with Crippen molar-refractivity contribution in [1.29, 1.82) is 0 Å². The van der Waals surface area contributed by atoms with Crippen LogP contribution in [0.25, 0.3) is 0 Å². The first-order chi connectivity index (χ1) is 5.45. The Balaban J connectivity index is -0.000000605. The normalized spacial score (nSPS) is 9.36. The quantitative estimate of drug-likeness (QED) is 0.297. The van der Waals surface area contributed by atoms with Crippen LogP contribution in [0.2, 0.25) is 0 Å². The summed E-state index contributed by atoms with van der Waals surface area (Å²) in [5.74, 6) is -0.337. The van der Waals surface area contributed by atoms with Gasteiger partial charge in [-0.05, 0) is 0 Å². The van der Waals surface area contributed by atoms with E-state index < -0.39 is 0 Å². The summed E-state index contributed by atoms with van der Waals surface area (Å²) in [4.78, 5) is 10.6. The maximum atomic E-state index is 10.6. The molecule has 0 aliphatic heterocycles. The van der Waals surface area contributed by atoms with E-state index in [1.54, 1.807) is 0 Å². The lowest BCUT2D eigenvalue weighted by Crippen LogP contribution is -2.35. The lowest BCUT2D eigenvalue weighted by Gasteiger charge is -2.23. The second kappa shape index (κ2) is 8.75. The number of carbonyl (C=O) groups is 1. The molecule has 0 atom stereocenters. The number of hydrogen-bond acceptors (Lipinski definition) is 2. The number of carbonyl (C=O) groups excluding carboxylic acids is 1. The molecular formula is C11H26NO2+. The standard InChI is InChI=1S/C9H18NO2.2CH4/c1-5-9(11)12-8-6-7-10(2,3)4;;/h5H,1,6-8H2,2-4H3;2*1H4/q+1;;. The van der Waals surface area contributed by atoms with E-state index in [9.17, 15) is 4.79 Å². The van der Waals surface area contributed by atoms with Gasteiger partial charge in [0.1, 0.15) is 0 Å². The molecule has 0 amide bonds. The third-order valence-electron chi connectivity index (χ3n) is 1.38. The van der Waals surface area contributed by atoms with E-state index in [1.165, 1.54) is 6.08 Å². The van der Waals surface area contributed by atoms with Crippen molar-refractivity contribution in [3.63, 3.8) is 0 Å². The van der Waals surface area contributed by atoms with Gasteiger partial charge in [-0.15, -0.1) is 0 Å². The van der Waals surface area contributed by atoms with E-state index in [-0.39, 0.29) is 20.8 Å². The third kappa shape index (κ3) is 13.7. The van der Waals surface area contributed by atoms with Crippen LogP contribution in [-0.4, -0.2) is 44.7 Å². The minimum Gasteiger partial charge on any atom is -0.462 e. The molecule has 0 aromatic rings. The first kappa shape index (κ1) is 18.9. The molecule has 3 nitrogen and oxygen atoms in total. The average Bonchev–Trinajstić information content (AvgIpc) is 1.96. The fraction of sp³-hybridized carbons (Fsp3) is 0.727. The summed E-state index contributed by atoms with van der Waals surface area (Å²) in [6, 6.07) is 0. The van der Waals surface area contributed by atoms with Crippen LogP contribution in [0.4, 0.5) is 0 Å². The second-order valence-electron chi connectivity index (χ2n) is 3.74. The number of quaternary nitrogens is 1. The maximum absolute atomic E-state index is 10.6. The summed E-state index contributed by atoms with van der Waals surface area (Å²) < 4.78 is 5.71. The predicted molar refractivity (Wildman–Crippen MR) is 62.1 cm³/mol. The maximum Gasteiger partial charge on any atom is 0.330 e. The molecule has 0 unspecified atom stereocenters. The van der Waals surface area contributed by atoms with Gasteiger partial charge >= 0.3 is 5.97 Å². The van der Waals surface area contributed by atoms with Gasteiger partial charge in [-0.25, -0.2) is 4.79 Å². The van der Waals surface area contributed by atoms with Crippen LogP contribution in [0.15, 0.2) is 12.7 Å². The van der Waals surface area contributed by atoms with Crippen molar-refractivity contribution in [2.75, 3.05) is 34.3 Å². The molecular weight excluding hydrogens is 178 g/mol. The van der Waals surface area contributed by atoms with E-state index in [4.69, 9.17) is 4.74 Å². The molecule has 14 heavy (non-hydrogen) atoms. The van der Waals surface area contributed by atoms with Crippen LogP contribution in [0.1, 0.15) is 21.3 Å². The molecule has 0 spiro atoms. The van der Waals surface area contributed by atoms with Crippen molar-refractivity contribution in [2.24, 2.45) is 0 Å². The van der Waals surface area contributed by atoms with E-state index >= 15 is 0 Å². The lowest BCUT2D eigenvalue weighted by atomic mass is 10.4. The largest absolute Gasteiger partial charge is 0.462 e. The van der Waals surface area contributed by atoms with Crippen LogP contribution in [0.5, 0.6) is 0 Å². The zero-order valence-corrected chi connectivity index (χ0v) is 8.17. The monoisotopic (exact) mass is 204 g/mol. The summed E-state index contributed by atoms with van der Waals surface area (Å²) in [6.07, 6.45) is 2.08. The highest BCUT2D eigenvalue weighted by molar-refractivity contribution is 5.81. The highest BCUT2D eigenvalue weighted by Crippen LogP contribution is 1.94. The molecule has 0 N–H and O–H groups in total. The van der Waals surface area contributed by atoms with E-state index in [2.05, 4.69) is 27.7 Å². The van der Waals surface area contributed by atoms with Crippen LogP contribution >= 0.6 is 0 Å². The zero-order chi connectivity index (χ0) is 9.61. The van der Waals surface area contributed by atoms with E-state index in [0.29, 0.717) is 6.61 Å². The van der Waals surface area contributed by atoms with Crippen molar-refractivity contribution in [3.8, 4) is 0 Å². The molecule has 0 saturated heterocycles. The van der Waals surface area contributed by atoms with Gasteiger partial charge < -0.3 is 9.22 Å². The van der Waals surface area contributed by atoms with Gasteiger partial charge in [0, 0.05) is 12.5 Å². The Morgan fingerprint density at radius 3 is 2.21 bits per heavy atom. The van der Waals surface area contributed by atoms with Gasteiger partial charge in [-0.1, -0.05) is 21.4 Å². The first-order valence-corrected chi connectivity index (χ1v) is 4.05. The minimum atomic E-state index is -0.337. The summed E-state index contributed by atoms with van der Waals surface area (Å²) in [5, 5.41) is 0. The number of esters is 1. The average molecular weight is 204 g/mol. The molecule has 0 radical (unpaired) electrons. The Morgan fingerprint density at radius 1 is 1.36 bits per heavy atom. The number of hydrogen-bond donors (Lipinski definition) is 0. The van der Waals surface area contributed by atoms with Gasteiger partial charge in [-0.2, -0.15) is 0 Å². The number of ether oxygens (including phenoxy) is 1. The van der Waals surface area contributed by atoms with E-state index in [0.717, 1.165) is 17.4 Å². The van der Waals surface area contributed by atoms with Crippen molar-refractivity contribution >= 4 is 5.97 Å². The zero-order valence-electron chi connectivity index (χ0n) is 8.17. The van der Waals surface area contributed by atoms with Crippen molar-refractivity contribution in [2.45, 2.75) is 21.3 Å². The topological polar surface area (TPSA) is 26.3 Å². The summed E-state index contributed by atoms with van der Waals surface area (Å²) in [7, 11) is 6.32. The minimum absolute atomic E-state index is 0. The van der Waals surface area contributed by atoms with E-state index in [1.807, 2.05) is 0 Å². The molecule has 3 heteroatoms. The van der Waals surface area contributed by atoms with Gasteiger partial charge in [0.05, 0.1) is 34.3 Å². The van der Waals surface area contributed by atoms with Crippen molar-refractivity contribution < 1.29 is 14.0 Å². The van der Waals surface area contributed by atoms with Crippen molar-refractivity contribution in [3.05, 3.63) is 12.7 Å². The van der Waals surface area contributed by atoms with Gasteiger partial charge in [0.25, 0.3) is 0 Å². The molecule has 0 bridgehead atoms. The van der Waals surface area contributed by atoms with Crippen LogP contribution < -0.4 is 0 Å². The Labute approximate surface area is 89.0 Å². The summed E-state index contributed by atoms with van der Waals surface area (Å²) in [5.41, 5.74) is 0. The predicted octanol–water partition coefficient (Wildman–Crippen LogP) is 2.08. The van der Waals surface area contributed by atoms with Gasteiger partial charge in [0.15, 0.2) is 0 Å². The Hall–Kier alpha value is -0.830. The smallest absolute Gasteiger partial charge is 0.330 e. The molecule has 0 saturated carbocycles.